The molecule has 0 aromatic rings. The highest BCUT2D eigenvalue weighted by atomic mass is 32.2. The second kappa shape index (κ2) is 7.59. The molecule has 0 saturated carbocycles. The number of rotatable bonds is 6. The van der Waals surface area contributed by atoms with Crippen LogP contribution < -0.4 is 5.32 Å². The standard InChI is InChI=1S/C14H27N3O5S/c1-14(2,10-18)15-12(19)13(20)17(7-6-16(3)4)11-5-8-23(21,22)9-11/h11,18H,5-10H2,1-4H3,(H,15,19). The largest absolute Gasteiger partial charge is 0.394 e. The first-order chi connectivity index (χ1) is 10.5. The molecule has 1 aliphatic rings. The molecule has 0 spiro atoms. The number of sulfone groups is 1. The van der Waals surface area contributed by atoms with Crippen molar-refractivity contribution in [3.05, 3.63) is 0 Å². The van der Waals surface area contributed by atoms with Crippen molar-refractivity contribution >= 4 is 21.7 Å². The van der Waals surface area contributed by atoms with Crippen molar-refractivity contribution in [2.45, 2.75) is 31.8 Å². The molecule has 0 radical (unpaired) electrons. The third-order valence-corrected chi connectivity index (χ3v) is 5.49. The fourth-order valence-electron chi connectivity index (χ4n) is 2.31. The summed E-state index contributed by atoms with van der Waals surface area (Å²) >= 11 is 0. The summed E-state index contributed by atoms with van der Waals surface area (Å²) in [4.78, 5) is 27.8. The van der Waals surface area contributed by atoms with Crippen molar-refractivity contribution in [3.8, 4) is 0 Å². The molecule has 0 aromatic carbocycles. The van der Waals surface area contributed by atoms with Gasteiger partial charge < -0.3 is 20.2 Å². The van der Waals surface area contributed by atoms with Crippen molar-refractivity contribution < 1.29 is 23.1 Å². The molecule has 0 aliphatic carbocycles. The first-order valence-corrected chi connectivity index (χ1v) is 9.39. The number of aliphatic hydroxyl groups excluding tert-OH is 1. The van der Waals surface area contributed by atoms with Gasteiger partial charge >= 0.3 is 11.8 Å². The first-order valence-electron chi connectivity index (χ1n) is 7.56. The second-order valence-electron chi connectivity index (χ2n) is 6.85. The van der Waals surface area contributed by atoms with E-state index in [4.69, 9.17) is 0 Å². The summed E-state index contributed by atoms with van der Waals surface area (Å²) in [6.45, 7) is 3.70. The highest BCUT2D eigenvalue weighted by molar-refractivity contribution is 7.91. The van der Waals surface area contributed by atoms with Crippen molar-refractivity contribution in [1.29, 1.82) is 0 Å². The highest BCUT2D eigenvalue weighted by Gasteiger charge is 2.37. The van der Waals surface area contributed by atoms with Gasteiger partial charge in [0.05, 0.1) is 23.7 Å². The quantitative estimate of drug-likeness (QED) is 0.562. The van der Waals surface area contributed by atoms with E-state index < -0.39 is 33.2 Å². The topological polar surface area (TPSA) is 107 Å². The lowest BCUT2D eigenvalue weighted by atomic mass is 10.1. The number of nitrogens with one attached hydrogen (secondary N) is 1. The zero-order valence-corrected chi connectivity index (χ0v) is 15.0. The Labute approximate surface area is 137 Å². The molecule has 2 amide bonds. The van der Waals surface area contributed by atoms with Gasteiger partial charge in [0.2, 0.25) is 0 Å². The second-order valence-corrected chi connectivity index (χ2v) is 9.08. The summed E-state index contributed by atoms with van der Waals surface area (Å²) in [6, 6.07) is -0.476. The van der Waals surface area contributed by atoms with E-state index in [-0.39, 0.29) is 24.7 Å². The maximum absolute atomic E-state index is 12.5. The number of carbonyl (C=O) groups is 2. The first kappa shape index (κ1) is 19.9. The Balaban J connectivity index is 2.86. The van der Waals surface area contributed by atoms with Gasteiger partial charge in [-0.1, -0.05) is 0 Å². The molecule has 1 saturated heterocycles. The molecule has 1 unspecified atom stereocenters. The molecule has 0 bridgehead atoms. The van der Waals surface area contributed by atoms with E-state index in [1.807, 2.05) is 19.0 Å². The maximum Gasteiger partial charge on any atom is 0.312 e. The molecule has 23 heavy (non-hydrogen) atoms. The van der Waals surface area contributed by atoms with Crippen molar-refractivity contribution in [3.63, 3.8) is 0 Å². The van der Waals surface area contributed by atoms with E-state index in [0.29, 0.717) is 13.0 Å². The highest BCUT2D eigenvalue weighted by Crippen LogP contribution is 2.18. The van der Waals surface area contributed by atoms with Gasteiger partial charge in [-0.2, -0.15) is 0 Å². The molecule has 1 atom stereocenters. The predicted molar refractivity (Wildman–Crippen MR) is 86.6 cm³/mol. The van der Waals surface area contributed by atoms with Gasteiger partial charge in [0.1, 0.15) is 0 Å². The SMILES string of the molecule is CN(C)CCN(C(=O)C(=O)NC(C)(C)CO)C1CCS(=O)(=O)C1. The predicted octanol–water partition coefficient (Wildman–Crippen LogP) is -1.55. The third-order valence-electron chi connectivity index (χ3n) is 3.74. The Bertz CT molecular complexity index is 545. The van der Waals surface area contributed by atoms with Gasteiger partial charge in [-0.25, -0.2) is 8.42 Å². The fourth-order valence-corrected chi connectivity index (χ4v) is 4.04. The van der Waals surface area contributed by atoms with Gasteiger partial charge in [0, 0.05) is 19.1 Å². The summed E-state index contributed by atoms with van der Waals surface area (Å²) in [5.74, 6) is -1.65. The summed E-state index contributed by atoms with van der Waals surface area (Å²) in [5.41, 5.74) is -0.915. The summed E-state index contributed by atoms with van der Waals surface area (Å²) < 4.78 is 23.3. The van der Waals surface area contributed by atoms with Gasteiger partial charge in [0.15, 0.2) is 9.84 Å². The minimum Gasteiger partial charge on any atom is -0.394 e. The van der Waals surface area contributed by atoms with E-state index in [9.17, 15) is 23.1 Å². The van der Waals surface area contributed by atoms with Crippen LogP contribution >= 0.6 is 0 Å². The zero-order valence-electron chi connectivity index (χ0n) is 14.2. The molecule has 9 heteroatoms. The fraction of sp³-hybridized carbons (Fsp3) is 0.857. The molecule has 134 valence electrons. The number of nitrogens with zero attached hydrogens (tertiary/aromatic N) is 2. The van der Waals surface area contributed by atoms with Crippen LogP contribution in [0.5, 0.6) is 0 Å². The normalized spacial score (nSPS) is 20.5. The lowest BCUT2D eigenvalue weighted by molar-refractivity contribution is -0.148. The molecular formula is C14H27N3O5S. The van der Waals surface area contributed by atoms with Crippen LogP contribution in [0.2, 0.25) is 0 Å². The molecule has 2 N–H and O–H groups in total. The molecule has 1 aliphatic heterocycles. The van der Waals surface area contributed by atoms with Crippen molar-refractivity contribution in [2.75, 3.05) is 45.3 Å². The van der Waals surface area contributed by atoms with E-state index in [1.165, 1.54) is 4.90 Å². The van der Waals surface area contributed by atoms with Crippen LogP contribution in [0, 0.1) is 0 Å². The Kier molecular flexibility index (Phi) is 6.55. The summed E-state index contributed by atoms with van der Waals surface area (Å²) in [5, 5.41) is 11.7. The molecule has 1 heterocycles. The number of hydrogen-bond donors (Lipinski definition) is 2. The molecule has 8 nitrogen and oxygen atoms in total. The molecular weight excluding hydrogens is 322 g/mol. The van der Waals surface area contributed by atoms with E-state index in [1.54, 1.807) is 13.8 Å². The zero-order chi connectivity index (χ0) is 17.8. The van der Waals surface area contributed by atoms with Crippen molar-refractivity contribution in [2.24, 2.45) is 0 Å². The van der Waals surface area contributed by atoms with Crippen LogP contribution in [-0.4, -0.2) is 92.0 Å². The lowest BCUT2D eigenvalue weighted by Gasteiger charge is -2.30. The van der Waals surface area contributed by atoms with Crippen LogP contribution in [-0.2, 0) is 19.4 Å². The number of likely N-dealkylation sites (N-methyl/N-ethyl adjacent to an activating group) is 1. The van der Waals surface area contributed by atoms with Gasteiger partial charge in [-0.05, 0) is 34.4 Å². The van der Waals surface area contributed by atoms with Crippen LogP contribution in [0.25, 0.3) is 0 Å². The van der Waals surface area contributed by atoms with Gasteiger partial charge in [-0.15, -0.1) is 0 Å². The molecule has 1 rings (SSSR count). The summed E-state index contributed by atoms with van der Waals surface area (Å²) in [6.07, 6.45) is 0.345. The van der Waals surface area contributed by atoms with Crippen LogP contribution in [0.4, 0.5) is 0 Å². The summed E-state index contributed by atoms with van der Waals surface area (Å²) in [7, 11) is 0.515. The Morgan fingerprint density at radius 1 is 1.26 bits per heavy atom. The third kappa shape index (κ3) is 6.08. The average molecular weight is 349 g/mol. The monoisotopic (exact) mass is 349 g/mol. The Morgan fingerprint density at radius 3 is 2.30 bits per heavy atom. The maximum atomic E-state index is 12.5. The molecule has 1 fully saturated rings. The minimum absolute atomic E-state index is 0.0349. The average Bonchev–Trinajstić information content (AvgIpc) is 2.78. The van der Waals surface area contributed by atoms with Gasteiger partial charge in [0.25, 0.3) is 0 Å². The number of aliphatic hydroxyl groups is 1. The number of hydrogen-bond acceptors (Lipinski definition) is 6. The lowest BCUT2D eigenvalue weighted by Crippen LogP contribution is -2.55. The number of amides is 2. The van der Waals surface area contributed by atoms with Crippen LogP contribution in [0.1, 0.15) is 20.3 Å². The van der Waals surface area contributed by atoms with E-state index in [2.05, 4.69) is 5.32 Å². The smallest absolute Gasteiger partial charge is 0.312 e. The van der Waals surface area contributed by atoms with E-state index >= 15 is 0 Å². The van der Waals surface area contributed by atoms with Crippen LogP contribution in [0.3, 0.4) is 0 Å². The van der Waals surface area contributed by atoms with Crippen molar-refractivity contribution in [1.82, 2.24) is 15.1 Å². The van der Waals surface area contributed by atoms with Gasteiger partial charge in [-0.3, -0.25) is 9.59 Å². The minimum atomic E-state index is -3.16. The van der Waals surface area contributed by atoms with E-state index in [0.717, 1.165) is 0 Å². The van der Waals surface area contributed by atoms with Crippen LogP contribution in [0.15, 0.2) is 0 Å². The molecule has 0 aromatic heterocycles. The Hall–Kier alpha value is -1.19. The Morgan fingerprint density at radius 2 is 1.87 bits per heavy atom. The number of carbonyl (C=O) groups excluding carboxylic acids is 2.